The van der Waals surface area contributed by atoms with Gasteiger partial charge in [-0.1, -0.05) is 26.0 Å². The molecule has 3 rings (SSSR count). The second kappa shape index (κ2) is 5.00. The molecule has 4 nitrogen and oxygen atoms in total. The van der Waals surface area contributed by atoms with E-state index in [0.29, 0.717) is 17.4 Å². The van der Waals surface area contributed by atoms with Crippen LogP contribution in [-0.2, 0) is 19.1 Å². The third-order valence-corrected chi connectivity index (χ3v) is 5.32. The highest BCUT2D eigenvalue weighted by atomic mass is 16.6. The molecule has 0 amide bonds. The fourth-order valence-electron chi connectivity index (χ4n) is 4.15. The lowest BCUT2D eigenvalue weighted by molar-refractivity contribution is -0.146. The van der Waals surface area contributed by atoms with Crippen molar-refractivity contribution >= 4 is 11.9 Å². The first-order valence-corrected chi connectivity index (χ1v) is 7.67. The maximum absolute atomic E-state index is 11.7. The highest BCUT2D eigenvalue weighted by molar-refractivity contribution is 5.90. The minimum absolute atomic E-state index is 0.0362. The number of allylic oxidation sites excluding steroid dienone is 1. The van der Waals surface area contributed by atoms with Crippen LogP contribution < -0.4 is 0 Å². The summed E-state index contributed by atoms with van der Waals surface area (Å²) in [6.45, 7) is 9.65. The first-order chi connectivity index (χ1) is 9.88. The monoisotopic (exact) mass is 290 g/mol. The zero-order valence-electron chi connectivity index (χ0n) is 12.8. The maximum atomic E-state index is 11.7. The lowest BCUT2D eigenvalue weighted by Crippen LogP contribution is -2.25. The molecule has 1 saturated carbocycles. The maximum Gasteiger partial charge on any atom is 0.334 e. The van der Waals surface area contributed by atoms with E-state index in [1.54, 1.807) is 0 Å². The Morgan fingerprint density at radius 1 is 1.33 bits per heavy atom. The van der Waals surface area contributed by atoms with Crippen LogP contribution in [0.4, 0.5) is 0 Å². The van der Waals surface area contributed by atoms with Gasteiger partial charge in [0.15, 0.2) is 0 Å². The fraction of sp³-hybridized carbons (Fsp3) is 0.647. The standard InChI is InChI=1S/C17H22O4/c1-8-5-16-14(10(3)17(19)21-16)6-13-9(2)15(7-12(8)13)20-11(4)18/h7-9,13-16H,3,5-6H2,1-2,4H3/t8-,9+,13+,14+,15-,16-/m0/s1. The molecule has 0 spiro atoms. The van der Waals surface area contributed by atoms with Gasteiger partial charge in [-0.05, 0) is 30.8 Å². The summed E-state index contributed by atoms with van der Waals surface area (Å²) in [6.07, 6.45) is 3.63. The van der Waals surface area contributed by atoms with Crippen LogP contribution in [0.15, 0.2) is 23.8 Å². The summed E-state index contributed by atoms with van der Waals surface area (Å²) in [5.41, 5.74) is 1.96. The number of hydrogen-bond donors (Lipinski definition) is 0. The van der Waals surface area contributed by atoms with Gasteiger partial charge in [-0.25, -0.2) is 4.79 Å². The molecule has 4 heteroatoms. The van der Waals surface area contributed by atoms with Gasteiger partial charge in [0, 0.05) is 24.3 Å². The van der Waals surface area contributed by atoms with Crippen molar-refractivity contribution in [2.75, 3.05) is 0 Å². The largest absolute Gasteiger partial charge is 0.458 e. The number of carbonyl (C=O) groups is 2. The van der Waals surface area contributed by atoms with Crippen molar-refractivity contribution in [3.63, 3.8) is 0 Å². The summed E-state index contributed by atoms with van der Waals surface area (Å²) in [4.78, 5) is 23.0. The second-order valence-electron chi connectivity index (χ2n) is 6.65. The number of rotatable bonds is 1. The minimum atomic E-state index is -0.244. The van der Waals surface area contributed by atoms with Crippen molar-refractivity contribution in [3.8, 4) is 0 Å². The normalized spacial score (nSPS) is 41.8. The van der Waals surface area contributed by atoms with Crippen molar-refractivity contribution in [1.29, 1.82) is 0 Å². The summed E-state index contributed by atoms with van der Waals surface area (Å²) in [6, 6.07) is 0. The van der Waals surface area contributed by atoms with Crippen molar-refractivity contribution in [1.82, 2.24) is 0 Å². The molecule has 3 aliphatic rings. The highest BCUT2D eigenvalue weighted by Crippen LogP contribution is 2.49. The third kappa shape index (κ3) is 2.30. The van der Waals surface area contributed by atoms with Crippen LogP contribution in [0.25, 0.3) is 0 Å². The van der Waals surface area contributed by atoms with Crippen LogP contribution in [0.5, 0.6) is 0 Å². The highest BCUT2D eigenvalue weighted by Gasteiger charge is 2.48. The molecule has 21 heavy (non-hydrogen) atoms. The number of esters is 2. The van der Waals surface area contributed by atoms with E-state index in [9.17, 15) is 9.59 Å². The molecule has 2 fully saturated rings. The van der Waals surface area contributed by atoms with Crippen molar-refractivity contribution in [2.24, 2.45) is 23.7 Å². The molecule has 0 aromatic rings. The van der Waals surface area contributed by atoms with Gasteiger partial charge >= 0.3 is 11.9 Å². The summed E-state index contributed by atoms with van der Waals surface area (Å²) in [5, 5.41) is 0. The lowest BCUT2D eigenvalue weighted by atomic mass is 9.81. The first kappa shape index (κ1) is 14.4. The van der Waals surface area contributed by atoms with Gasteiger partial charge in [-0.3, -0.25) is 4.79 Å². The van der Waals surface area contributed by atoms with Gasteiger partial charge in [0.25, 0.3) is 0 Å². The third-order valence-electron chi connectivity index (χ3n) is 5.32. The molecule has 0 N–H and O–H groups in total. The van der Waals surface area contributed by atoms with Crippen LogP contribution in [0.3, 0.4) is 0 Å². The number of fused-ring (bicyclic) bond motifs is 2. The molecule has 0 aromatic carbocycles. The molecule has 1 saturated heterocycles. The van der Waals surface area contributed by atoms with E-state index in [2.05, 4.69) is 26.5 Å². The van der Waals surface area contributed by atoms with E-state index in [4.69, 9.17) is 9.47 Å². The molecule has 2 aliphatic carbocycles. The molecule has 0 radical (unpaired) electrons. The molecule has 1 heterocycles. The minimum Gasteiger partial charge on any atom is -0.458 e. The topological polar surface area (TPSA) is 52.6 Å². The Morgan fingerprint density at radius 2 is 2.05 bits per heavy atom. The average molecular weight is 290 g/mol. The first-order valence-electron chi connectivity index (χ1n) is 7.67. The van der Waals surface area contributed by atoms with Gasteiger partial charge in [-0.2, -0.15) is 0 Å². The Morgan fingerprint density at radius 3 is 2.71 bits per heavy atom. The van der Waals surface area contributed by atoms with Crippen LogP contribution in [-0.4, -0.2) is 24.1 Å². The summed E-state index contributed by atoms with van der Waals surface area (Å²) in [5.74, 6) is 0.543. The molecule has 0 aromatic heterocycles. The van der Waals surface area contributed by atoms with E-state index < -0.39 is 0 Å². The van der Waals surface area contributed by atoms with Crippen molar-refractivity contribution < 1.29 is 19.1 Å². The average Bonchev–Trinajstić information content (AvgIpc) is 2.78. The van der Waals surface area contributed by atoms with E-state index in [1.807, 2.05) is 0 Å². The lowest BCUT2D eigenvalue weighted by Gasteiger charge is -2.24. The molecule has 0 bridgehead atoms. The smallest absolute Gasteiger partial charge is 0.334 e. The van der Waals surface area contributed by atoms with E-state index in [1.165, 1.54) is 12.5 Å². The summed E-state index contributed by atoms with van der Waals surface area (Å²) >= 11 is 0. The van der Waals surface area contributed by atoms with Gasteiger partial charge in [0.05, 0.1) is 0 Å². The Hall–Kier alpha value is -1.58. The Labute approximate surface area is 125 Å². The number of hydrogen-bond acceptors (Lipinski definition) is 4. The van der Waals surface area contributed by atoms with Crippen molar-refractivity contribution in [3.05, 3.63) is 23.8 Å². The summed E-state index contributed by atoms with van der Waals surface area (Å²) in [7, 11) is 0. The van der Waals surface area contributed by atoms with Gasteiger partial charge in [0.2, 0.25) is 0 Å². The van der Waals surface area contributed by atoms with E-state index >= 15 is 0 Å². The van der Waals surface area contributed by atoms with Crippen LogP contribution in [0, 0.1) is 23.7 Å². The van der Waals surface area contributed by atoms with E-state index in [-0.39, 0.29) is 36.0 Å². The van der Waals surface area contributed by atoms with Crippen LogP contribution in [0.2, 0.25) is 0 Å². The Bertz CT molecular complexity index is 533. The fourth-order valence-corrected chi connectivity index (χ4v) is 4.15. The molecular weight excluding hydrogens is 268 g/mol. The predicted octanol–water partition coefficient (Wildman–Crippen LogP) is 2.64. The van der Waals surface area contributed by atoms with E-state index in [0.717, 1.165) is 12.8 Å². The van der Waals surface area contributed by atoms with Gasteiger partial charge < -0.3 is 9.47 Å². The molecular formula is C17H22O4. The quantitative estimate of drug-likeness (QED) is 0.423. The molecule has 0 unspecified atom stereocenters. The van der Waals surface area contributed by atoms with Gasteiger partial charge in [-0.15, -0.1) is 0 Å². The van der Waals surface area contributed by atoms with Crippen molar-refractivity contribution in [2.45, 2.75) is 45.8 Å². The zero-order chi connectivity index (χ0) is 15.3. The SMILES string of the molecule is C=C1C(=O)O[C@H]2C[C@H](C)C3=C[C@H](OC(C)=O)[C@H](C)[C@H]3C[C@H]12. The Balaban J connectivity index is 1.87. The van der Waals surface area contributed by atoms with Crippen LogP contribution in [0.1, 0.15) is 33.6 Å². The molecule has 1 aliphatic heterocycles. The molecule has 6 atom stereocenters. The second-order valence-corrected chi connectivity index (χ2v) is 6.65. The summed E-state index contributed by atoms with van der Waals surface area (Å²) < 4.78 is 10.9. The molecule has 114 valence electrons. The number of carbonyl (C=O) groups excluding carboxylic acids is 2. The Kier molecular flexibility index (Phi) is 3.42. The predicted molar refractivity (Wildman–Crippen MR) is 77.2 cm³/mol. The van der Waals surface area contributed by atoms with Crippen LogP contribution >= 0.6 is 0 Å². The zero-order valence-corrected chi connectivity index (χ0v) is 12.8. The number of ether oxygens (including phenoxy) is 2. The van der Waals surface area contributed by atoms with Gasteiger partial charge in [0.1, 0.15) is 12.2 Å².